The molecule has 0 spiro atoms. The van der Waals surface area contributed by atoms with Gasteiger partial charge in [0.25, 0.3) is 0 Å². The molecule has 0 aliphatic carbocycles. The van der Waals surface area contributed by atoms with Crippen molar-refractivity contribution in [1.29, 1.82) is 0 Å². The van der Waals surface area contributed by atoms with Gasteiger partial charge in [0, 0.05) is 37.7 Å². The maximum absolute atomic E-state index is 12.3. The number of ether oxygens (including phenoxy) is 2. The van der Waals surface area contributed by atoms with Gasteiger partial charge in [0.05, 0.1) is 0 Å². The SMILES string of the molecule is CC(=O)Oc1ccc(C[C@H](NC(=O)CCCC[C@@H]2CCSS2)C(N)=O)cc1OC(C)=O. The minimum Gasteiger partial charge on any atom is -0.423 e. The molecular weight excluding hydrogens is 440 g/mol. The smallest absolute Gasteiger partial charge is 0.308 e. The fraction of sp³-hybridized carbons (Fsp3) is 0.524. The maximum Gasteiger partial charge on any atom is 0.308 e. The number of rotatable bonds is 11. The van der Waals surface area contributed by atoms with Crippen molar-refractivity contribution in [2.24, 2.45) is 5.73 Å². The van der Waals surface area contributed by atoms with Crippen molar-refractivity contribution in [2.75, 3.05) is 5.75 Å². The van der Waals surface area contributed by atoms with Crippen LogP contribution in [0.1, 0.15) is 51.5 Å². The fourth-order valence-electron chi connectivity index (χ4n) is 3.10. The average molecular weight is 469 g/mol. The van der Waals surface area contributed by atoms with Crippen LogP contribution in [0.25, 0.3) is 0 Å². The number of esters is 2. The van der Waals surface area contributed by atoms with Gasteiger partial charge < -0.3 is 20.5 Å². The molecule has 1 aliphatic rings. The van der Waals surface area contributed by atoms with Crippen molar-refractivity contribution in [3.8, 4) is 11.5 Å². The number of hydrogen-bond donors (Lipinski definition) is 2. The normalized spacial score (nSPS) is 16.4. The molecule has 0 radical (unpaired) electrons. The average Bonchev–Trinajstić information content (AvgIpc) is 3.19. The Labute approximate surface area is 189 Å². The van der Waals surface area contributed by atoms with Gasteiger partial charge in [0.15, 0.2) is 11.5 Å². The lowest BCUT2D eigenvalue weighted by Gasteiger charge is -2.17. The van der Waals surface area contributed by atoms with Crippen molar-refractivity contribution < 1.29 is 28.7 Å². The first-order chi connectivity index (χ1) is 14.7. The Morgan fingerprint density at radius 3 is 2.45 bits per heavy atom. The van der Waals surface area contributed by atoms with Crippen molar-refractivity contribution in [1.82, 2.24) is 5.32 Å². The van der Waals surface area contributed by atoms with E-state index in [0.717, 1.165) is 19.3 Å². The summed E-state index contributed by atoms with van der Waals surface area (Å²) in [6, 6.07) is 3.66. The van der Waals surface area contributed by atoms with Gasteiger partial charge in [-0.05, 0) is 37.0 Å². The Hall–Kier alpha value is -2.20. The Morgan fingerprint density at radius 2 is 1.84 bits per heavy atom. The summed E-state index contributed by atoms with van der Waals surface area (Å²) in [4.78, 5) is 46.7. The predicted molar refractivity (Wildman–Crippen MR) is 121 cm³/mol. The maximum atomic E-state index is 12.3. The lowest BCUT2D eigenvalue weighted by atomic mass is 10.0. The van der Waals surface area contributed by atoms with Crippen LogP contribution in [-0.2, 0) is 25.6 Å². The molecule has 0 aromatic heterocycles. The van der Waals surface area contributed by atoms with E-state index < -0.39 is 23.9 Å². The van der Waals surface area contributed by atoms with E-state index in [0.29, 0.717) is 17.2 Å². The van der Waals surface area contributed by atoms with E-state index in [9.17, 15) is 19.2 Å². The molecule has 2 amide bonds. The first-order valence-corrected chi connectivity index (χ1v) is 12.5. The summed E-state index contributed by atoms with van der Waals surface area (Å²) in [5, 5.41) is 3.36. The Morgan fingerprint density at radius 1 is 1.13 bits per heavy atom. The number of hydrogen-bond acceptors (Lipinski definition) is 8. The molecule has 0 bridgehead atoms. The minimum absolute atomic E-state index is 0.0534. The van der Waals surface area contributed by atoms with Crippen LogP contribution >= 0.6 is 21.6 Å². The van der Waals surface area contributed by atoms with Crippen LogP contribution in [0.4, 0.5) is 0 Å². The van der Waals surface area contributed by atoms with Crippen LogP contribution in [0.5, 0.6) is 11.5 Å². The molecule has 3 N–H and O–H groups in total. The minimum atomic E-state index is -0.904. The molecule has 1 heterocycles. The number of primary amides is 1. The van der Waals surface area contributed by atoms with Gasteiger partial charge in [-0.15, -0.1) is 0 Å². The van der Waals surface area contributed by atoms with Gasteiger partial charge >= 0.3 is 11.9 Å². The van der Waals surface area contributed by atoms with Gasteiger partial charge in [-0.2, -0.15) is 0 Å². The first kappa shape index (κ1) is 25.1. The highest BCUT2D eigenvalue weighted by Crippen LogP contribution is 2.39. The number of nitrogens with two attached hydrogens (primary N) is 1. The molecule has 10 heteroatoms. The van der Waals surface area contributed by atoms with E-state index in [-0.39, 0.29) is 23.8 Å². The standard InChI is InChI=1S/C21H28N2O6S2/c1-13(24)28-18-8-7-15(12-19(18)29-14(2)25)11-17(21(22)27)23-20(26)6-4-3-5-16-9-10-30-31-16/h7-8,12,16-17H,3-6,9-11H2,1-2H3,(H2,22,27)(H,23,26)/t16-,17+/m1/s1. The zero-order valence-corrected chi connectivity index (χ0v) is 19.3. The number of nitrogens with one attached hydrogen (secondary N) is 1. The van der Waals surface area contributed by atoms with Crippen molar-refractivity contribution in [3.63, 3.8) is 0 Å². The highest BCUT2D eigenvalue weighted by Gasteiger charge is 2.21. The van der Waals surface area contributed by atoms with Gasteiger partial charge in [0.1, 0.15) is 6.04 Å². The Balaban J connectivity index is 1.93. The van der Waals surface area contributed by atoms with Crippen LogP contribution < -0.4 is 20.5 Å². The molecule has 1 aromatic carbocycles. The van der Waals surface area contributed by atoms with Crippen LogP contribution in [-0.4, -0.2) is 40.8 Å². The number of carbonyl (C=O) groups excluding carboxylic acids is 4. The molecule has 2 rings (SSSR count). The lowest BCUT2D eigenvalue weighted by molar-refractivity contribution is -0.134. The van der Waals surface area contributed by atoms with Gasteiger partial charge in [-0.1, -0.05) is 34.1 Å². The number of benzene rings is 1. The molecule has 1 aromatic rings. The zero-order valence-electron chi connectivity index (χ0n) is 17.7. The van der Waals surface area contributed by atoms with Gasteiger partial charge in [0.2, 0.25) is 11.8 Å². The quantitative estimate of drug-likeness (QED) is 0.220. The van der Waals surface area contributed by atoms with E-state index >= 15 is 0 Å². The third kappa shape index (κ3) is 9.22. The molecule has 0 unspecified atom stereocenters. The largest absolute Gasteiger partial charge is 0.423 e. The fourth-order valence-corrected chi connectivity index (χ4v) is 6.13. The van der Waals surface area contributed by atoms with E-state index in [2.05, 4.69) is 5.32 Å². The summed E-state index contributed by atoms with van der Waals surface area (Å²) in [7, 11) is 3.82. The highest BCUT2D eigenvalue weighted by molar-refractivity contribution is 8.77. The second-order valence-electron chi connectivity index (χ2n) is 7.27. The van der Waals surface area contributed by atoms with E-state index in [1.807, 2.05) is 21.6 Å². The molecule has 1 aliphatic heterocycles. The van der Waals surface area contributed by atoms with Crippen LogP contribution in [0.3, 0.4) is 0 Å². The monoisotopic (exact) mass is 468 g/mol. The Kier molecular flexibility index (Phi) is 10.2. The van der Waals surface area contributed by atoms with Crippen LogP contribution in [0.2, 0.25) is 0 Å². The molecule has 31 heavy (non-hydrogen) atoms. The summed E-state index contributed by atoms with van der Waals surface area (Å²) in [6.45, 7) is 2.45. The Bertz CT molecular complexity index is 811. The van der Waals surface area contributed by atoms with Crippen LogP contribution in [0, 0.1) is 0 Å². The summed E-state index contributed by atoms with van der Waals surface area (Å²) in [6.07, 6.45) is 4.49. The molecule has 1 fully saturated rings. The molecular formula is C21H28N2O6S2. The van der Waals surface area contributed by atoms with Gasteiger partial charge in [-0.25, -0.2) is 0 Å². The lowest BCUT2D eigenvalue weighted by Crippen LogP contribution is -2.45. The van der Waals surface area contributed by atoms with Crippen molar-refractivity contribution in [3.05, 3.63) is 23.8 Å². The zero-order chi connectivity index (χ0) is 22.8. The summed E-state index contributed by atoms with van der Waals surface area (Å²) >= 11 is 0. The van der Waals surface area contributed by atoms with E-state index in [4.69, 9.17) is 15.2 Å². The highest BCUT2D eigenvalue weighted by atomic mass is 33.1. The third-order valence-corrected chi connectivity index (χ3v) is 7.55. The number of carbonyl (C=O) groups is 4. The second kappa shape index (κ2) is 12.6. The van der Waals surface area contributed by atoms with Crippen molar-refractivity contribution >= 4 is 45.3 Å². The molecule has 8 nitrogen and oxygen atoms in total. The molecule has 2 atom stereocenters. The second-order valence-corrected chi connectivity index (χ2v) is 10.1. The topological polar surface area (TPSA) is 125 Å². The predicted octanol–water partition coefficient (Wildman–Crippen LogP) is 2.76. The molecule has 0 saturated carbocycles. The van der Waals surface area contributed by atoms with Crippen LogP contribution in [0.15, 0.2) is 18.2 Å². The van der Waals surface area contributed by atoms with Crippen molar-refractivity contribution in [2.45, 2.75) is 63.7 Å². The summed E-state index contributed by atoms with van der Waals surface area (Å²) < 4.78 is 10.1. The van der Waals surface area contributed by atoms with Gasteiger partial charge in [-0.3, -0.25) is 19.2 Å². The third-order valence-electron chi connectivity index (χ3n) is 4.54. The molecule has 170 valence electrons. The number of unbranched alkanes of at least 4 members (excludes halogenated alkanes) is 1. The van der Waals surface area contributed by atoms with E-state index in [1.165, 1.54) is 38.2 Å². The van der Waals surface area contributed by atoms with E-state index in [1.54, 1.807) is 6.07 Å². The summed E-state index contributed by atoms with van der Waals surface area (Å²) in [5.74, 6) is -0.701. The molecule has 1 saturated heterocycles. The number of amides is 2. The first-order valence-electron chi connectivity index (χ1n) is 10.1. The summed E-state index contributed by atoms with van der Waals surface area (Å²) in [5.41, 5.74) is 6.06.